The van der Waals surface area contributed by atoms with Crippen LogP contribution < -0.4 is 25.8 Å². The number of hydrogen-bond acceptors (Lipinski definition) is 11. The number of carbonyl (C=O) groups excluding carboxylic acids is 2. The van der Waals surface area contributed by atoms with Crippen molar-refractivity contribution < 1.29 is 34.0 Å². The number of phenolic OH excluding ortho intramolecular Hbond substituents is 1. The standard InChI is InChI=1S/C52H55N5O8/c58-45-19-17-43(44-18-20-48(60)54-50(44)45)46(59)31-53-30-34-11-15-40(16-12-34)57-27-23-41(24-28-57)64-51(61)38-13-9-35(10-14-38)33-63-42-8-4-7-39(29-42)49(37-5-2-1-3-6-37)55-52(62)65-47-32-56-25-21-36(47)22-26-56/h1-20,29,36,41,46-47,49,53,58-59H,21-28,30-33H2,(H,54,60)(H,55,62). The molecule has 336 valence electrons. The Morgan fingerprint density at radius 1 is 0.769 bits per heavy atom. The number of anilines is 1. The van der Waals surface area contributed by atoms with E-state index in [0.29, 0.717) is 46.8 Å². The summed E-state index contributed by atoms with van der Waals surface area (Å²) in [4.78, 5) is 45.5. The Morgan fingerprint density at radius 3 is 2.25 bits per heavy atom. The number of aliphatic hydroxyl groups is 1. The molecule has 4 saturated heterocycles. The molecule has 10 rings (SSSR count). The van der Waals surface area contributed by atoms with Crippen LogP contribution in [0.25, 0.3) is 10.9 Å². The van der Waals surface area contributed by atoms with E-state index in [4.69, 9.17) is 14.2 Å². The minimum Gasteiger partial charge on any atom is -0.506 e. The first-order valence-electron chi connectivity index (χ1n) is 22.6. The van der Waals surface area contributed by atoms with E-state index in [0.717, 1.165) is 86.3 Å². The van der Waals surface area contributed by atoms with Crippen LogP contribution in [0.2, 0.25) is 0 Å². The third-order valence-electron chi connectivity index (χ3n) is 13.0. The number of pyridine rings is 1. The molecule has 1 aromatic heterocycles. The van der Waals surface area contributed by atoms with Crippen molar-refractivity contribution in [3.8, 4) is 11.5 Å². The first kappa shape index (κ1) is 43.6. The first-order valence-corrected chi connectivity index (χ1v) is 22.6. The maximum atomic E-state index is 13.3. The number of H-pyrrole nitrogens is 1. The van der Waals surface area contributed by atoms with Gasteiger partial charge in [0.25, 0.3) is 0 Å². The van der Waals surface area contributed by atoms with Crippen LogP contribution in [-0.4, -0.2) is 83.6 Å². The molecule has 0 saturated carbocycles. The SMILES string of the molecule is O=C(NC(c1ccccc1)c1cccc(OCc2ccc(C(=O)OC3CCN(c4ccc(CNCC(O)c5ccc(O)c6[nH]c(=O)ccc56)cc4)CC3)cc2)c1)OC1CN2CCC1CC2. The summed E-state index contributed by atoms with van der Waals surface area (Å²) in [5.74, 6) is 0.697. The van der Waals surface area contributed by atoms with E-state index < -0.39 is 18.2 Å². The molecule has 6 aromatic rings. The molecule has 4 aliphatic rings. The van der Waals surface area contributed by atoms with Crippen molar-refractivity contribution in [3.63, 3.8) is 0 Å². The second kappa shape index (κ2) is 20.0. The highest BCUT2D eigenvalue weighted by molar-refractivity contribution is 5.89. The second-order valence-electron chi connectivity index (χ2n) is 17.3. The smallest absolute Gasteiger partial charge is 0.408 e. The first-order chi connectivity index (χ1) is 31.7. The number of aromatic amines is 1. The quantitative estimate of drug-likeness (QED) is 0.0655. The average Bonchev–Trinajstić information content (AvgIpc) is 3.34. The fourth-order valence-electron chi connectivity index (χ4n) is 9.31. The molecule has 5 N–H and O–H groups in total. The molecular formula is C52H55N5O8. The highest BCUT2D eigenvalue weighted by Gasteiger charge is 2.37. The number of nitrogens with one attached hydrogen (secondary N) is 3. The monoisotopic (exact) mass is 877 g/mol. The summed E-state index contributed by atoms with van der Waals surface area (Å²) in [6.07, 6.45) is 2.07. The largest absolute Gasteiger partial charge is 0.506 e. The molecule has 65 heavy (non-hydrogen) atoms. The lowest BCUT2D eigenvalue weighted by Gasteiger charge is -2.43. The number of ether oxygens (including phenoxy) is 3. The van der Waals surface area contributed by atoms with Crippen molar-refractivity contribution in [2.45, 2.75) is 63.2 Å². The van der Waals surface area contributed by atoms with Crippen molar-refractivity contribution in [2.75, 3.05) is 44.2 Å². The van der Waals surface area contributed by atoms with Crippen molar-refractivity contribution >= 4 is 28.7 Å². The van der Waals surface area contributed by atoms with Gasteiger partial charge >= 0.3 is 12.1 Å². The van der Waals surface area contributed by atoms with Crippen molar-refractivity contribution in [1.29, 1.82) is 0 Å². The Labute approximate surface area is 378 Å². The summed E-state index contributed by atoms with van der Waals surface area (Å²) in [5, 5.41) is 28.1. The average molecular weight is 878 g/mol. The second-order valence-corrected chi connectivity index (χ2v) is 17.3. The molecule has 13 nitrogen and oxygen atoms in total. The van der Waals surface area contributed by atoms with Crippen LogP contribution in [0, 0.1) is 5.92 Å². The molecule has 4 fully saturated rings. The third-order valence-corrected chi connectivity index (χ3v) is 13.0. The van der Waals surface area contributed by atoms with Crippen LogP contribution >= 0.6 is 0 Å². The number of amides is 1. The van der Waals surface area contributed by atoms with Crippen LogP contribution in [0.1, 0.15) is 76.0 Å². The number of aromatic hydroxyl groups is 1. The van der Waals surface area contributed by atoms with E-state index >= 15 is 0 Å². The summed E-state index contributed by atoms with van der Waals surface area (Å²) in [6, 6.07) is 38.9. The van der Waals surface area contributed by atoms with Gasteiger partial charge in [-0.3, -0.25) is 9.69 Å². The highest BCUT2D eigenvalue weighted by atomic mass is 16.6. The number of aromatic nitrogens is 1. The van der Waals surface area contributed by atoms with E-state index in [1.54, 1.807) is 24.3 Å². The predicted octanol–water partition coefficient (Wildman–Crippen LogP) is 7.37. The number of fused-ring (bicyclic) bond motifs is 4. The third kappa shape index (κ3) is 10.7. The maximum absolute atomic E-state index is 13.3. The van der Waals surface area contributed by atoms with Gasteiger partial charge in [-0.25, -0.2) is 9.59 Å². The number of hydrogen-bond donors (Lipinski definition) is 5. The lowest BCUT2D eigenvalue weighted by Crippen LogP contribution is -2.52. The van der Waals surface area contributed by atoms with Crippen molar-refractivity contribution in [2.24, 2.45) is 5.92 Å². The minimum atomic E-state index is -0.836. The van der Waals surface area contributed by atoms with Gasteiger partial charge in [-0.15, -0.1) is 0 Å². The fraction of sp³-hybridized carbons (Fsp3) is 0.327. The minimum absolute atomic E-state index is 0.0414. The molecule has 0 radical (unpaired) electrons. The zero-order valence-electron chi connectivity index (χ0n) is 36.2. The summed E-state index contributed by atoms with van der Waals surface area (Å²) in [7, 11) is 0. The zero-order valence-corrected chi connectivity index (χ0v) is 36.2. The molecule has 1 amide bonds. The van der Waals surface area contributed by atoms with Crippen LogP contribution in [0.4, 0.5) is 10.5 Å². The molecule has 5 aromatic carbocycles. The summed E-state index contributed by atoms with van der Waals surface area (Å²) < 4.78 is 18.1. The predicted molar refractivity (Wildman–Crippen MR) is 248 cm³/mol. The Hall–Kier alpha value is -6.67. The Kier molecular flexibility index (Phi) is 13.4. The fourth-order valence-corrected chi connectivity index (χ4v) is 9.31. The van der Waals surface area contributed by atoms with E-state index in [2.05, 4.69) is 49.7 Å². The van der Waals surface area contributed by atoms with Crippen molar-refractivity contribution in [1.82, 2.24) is 20.5 Å². The number of phenols is 1. The lowest BCUT2D eigenvalue weighted by molar-refractivity contribution is -0.0336. The molecule has 4 aliphatic heterocycles. The van der Waals surface area contributed by atoms with E-state index in [-0.39, 0.29) is 36.0 Å². The van der Waals surface area contributed by atoms with Gasteiger partial charge in [0.15, 0.2) is 0 Å². The number of esters is 1. The maximum Gasteiger partial charge on any atom is 0.408 e. The number of alkyl carbamates (subject to hydrolysis) is 1. The van der Waals surface area contributed by atoms with E-state index in [1.807, 2.05) is 66.7 Å². The topological polar surface area (TPSA) is 166 Å². The van der Waals surface area contributed by atoms with E-state index in [9.17, 15) is 24.6 Å². The van der Waals surface area contributed by atoms with Gasteiger partial charge in [0, 0.05) is 62.7 Å². The number of carbonyl (C=O) groups is 2. The van der Waals surface area contributed by atoms with Gasteiger partial charge in [-0.1, -0.05) is 72.8 Å². The summed E-state index contributed by atoms with van der Waals surface area (Å²) in [6.45, 7) is 5.62. The number of benzene rings is 5. The Morgan fingerprint density at radius 2 is 1.51 bits per heavy atom. The van der Waals surface area contributed by atoms with Crippen LogP contribution in [-0.2, 0) is 22.6 Å². The van der Waals surface area contributed by atoms with Crippen LogP contribution in [0.15, 0.2) is 132 Å². The van der Waals surface area contributed by atoms with Gasteiger partial charge in [0.05, 0.1) is 23.2 Å². The van der Waals surface area contributed by atoms with Crippen molar-refractivity contribution in [3.05, 3.63) is 171 Å². The lowest BCUT2D eigenvalue weighted by atomic mass is 9.86. The molecule has 0 spiro atoms. The van der Waals surface area contributed by atoms with Gasteiger partial charge in [-0.2, -0.15) is 0 Å². The van der Waals surface area contributed by atoms with Gasteiger partial charge < -0.3 is 44.9 Å². The zero-order chi connectivity index (χ0) is 44.7. The molecule has 3 atom stereocenters. The van der Waals surface area contributed by atoms with Gasteiger partial charge in [0.1, 0.15) is 30.3 Å². The number of piperidine rings is 4. The molecule has 5 heterocycles. The number of nitrogens with zero attached hydrogens (tertiary/aromatic N) is 2. The van der Waals surface area contributed by atoms with E-state index in [1.165, 1.54) is 12.1 Å². The summed E-state index contributed by atoms with van der Waals surface area (Å²) in [5.41, 5.74) is 5.98. The summed E-state index contributed by atoms with van der Waals surface area (Å²) >= 11 is 0. The Bertz CT molecular complexity index is 2620. The molecule has 2 bridgehead atoms. The van der Waals surface area contributed by atoms with Crippen LogP contribution in [0.5, 0.6) is 11.5 Å². The highest BCUT2D eigenvalue weighted by Crippen LogP contribution is 2.32. The molecular weight excluding hydrogens is 823 g/mol. The molecule has 13 heteroatoms. The number of aliphatic hydroxyl groups excluding tert-OH is 1. The van der Waals surface area contributed by atoms with Gasteiger partial charge in [-0.05, 0) is 108 Å². The molecule has 0 aliphatic carbocycles. The van der Waals surface area contributed by atoms with Crippen LogP contribution in [0.3, 0.4) is 0 Å². The molecule has 3 unspecified atom stereocenters. The Balaban J connectivity index is 0.718. The number of rotatable bonds is 15. The normalized spacial score (nSPS) is 19.3. The van der Waals surface area contributed by atoms with Gasteiger partial charge in [0.2, 0.25) is 5.56 Å².